The van der Waals surface area contributed by atoms with Gasteiger partial charge in [-0.25, -0.2) is 10.4 Å². The van der Waals surface area contributed by atoms with Crippen LogP contribution in [0.1, 0.15) is 50.6 Å². The predicted molar refractivity (Wildman–Crippen MR) is 131 cm³/mol. The van der Waals surface area contributed by atoms with Crippen molar-refractivity contribution in [2.45, 2.75) is 26.2 Å². The Bertz CT molecular complexity index is 1400. The molecule has 0 saturated carbocycles. The molecule has 34 heavy (non-hydrogen) atoms. The number of aromatic nitrogens is 1. The van der Waals surface area contributed by atoms with E-state index in [2.05, 4.69) is 20.8 Å². The topological polar surface area (TPSA) is 106 Å². The highest BCUT2D eigenvalue weighted by Crippen LogP contribution is 2.31. The van der Waals surface area contributed by atoms with Crippen molar-refractivity contribution in [1.82, 2.24) is 10.4 Å². The van der Waals surface area contributed by atoms with E-state index in [9.17, 15) is 9.59 Å². The Morgan fingerprint density at radius 2 is 1.88 bits per heavy atom. The van der Waals surface area contributed by atoms with E-state index in [0.29, 0.717) is 46.3 Å². The molecule has 0 aliphatic heterocycles. The Morgan fingerprint density at radius 1 is 1.09 bits per heavy atom. The smallest absolute Gasteiger partial charge is 0.293 e. The van der Waals surface area contributed by atoms with Crippen molar-refractivity contribution in [3.63, 3.8) is 0 Å². The third-order valence-electron chi connectivity index (χ3n) is 5.69. The van der Waals surface area contributed by atoms with Crippen LogP contribution in [0.3, 0.4) is 0 Å². The molecule has 2 N–H and O–H groups in total. The lowest BCUT2D eigenvalue weighted by atomic mass is 9.93. The lowest BCUT2D eigenvalue weighted by Gasteiger charge is -2.14. The number of ether oxygens (including phenoxy) is 1. The van der Waals surface area contributed by atoms with Gasteiger partial charge in [0.05, 0.1) is 28.6 Å². The number of anilines is 1. The van der Waals surface area contributed by atoms with Gasteiger partial charge in [0.25, 0.3) is 11.8 Å². The summed E-state index contributed by atoms with van der Waals surface area (Å²) >= 11 is 1.41. The highest BCUT2D eigenvalue weighted by atomic mass is 32.1. The van der Waals surface area contributed by atoms with E-state index >= 15 is 0 Å². The van der Waals surface area contributed by atoms with Gasteiger partial charge in [-0.05, 0) is 44.0 Å². The van der Waals surface area contributed by atoms with E-state index in [1.54, 1.807) is 24.3 Å². The van der Waals surface area contributed by atoms with Crippen LogP contribution in [0.25, 0.3) is 10.2 Å². The molecule has 9 heteroatoms. The van der Waals surface area contributed by atoms with Crippen LogP contribution in [0.4, 0.5) is 5.13 Å². The lowest BCUT2D eigenvalue weighted by Crippen LogP contribution is -2.22. The summed E-state index contributed by atoms with van der Waals surface area (Å²) in [6.07, 6.45) is 2.17. The quantitative estimate of drug-likeness (QED) is 0.399. The first-order valence-electron chi connectivity index (χ1n) is 10.8. The average molecular weight is 475 g/mol. The number of fused-ring (bicyclic) bond motifs is 2. The third kappa shape index (κ3) is 4.06. The van der Waals surface area contributed by atoms with E-state index in [1.165, 1.54) is 18.4 Å². The van der Waals surface area contributed by atoms with Crippen molar-refractivity contribution < 1.29 is 18.7 Å². The van der Waals surface area contributed by atoms with Gasteiger partial charge in [0.2, 0.25) is 0 Å². The fourth-order valence-corrected chi connectivity index (χ4v) is 4.95. The zero-order chi connectivity index (χ0) is 23.7. The predicted octanol–water partition coefficient (Wildman–Crippen LogP) is 4.93. The molecule has 5 rings (SSSR count). The maximum absolute atomic E-state index is 13.0. The number of carbonyl (C=O) groups is 2. The second-order valence-corrected chi connectivity index (χ2v) is 8.88. The van der Waals surface area contributed by atoms with Crippen LogP contribution < -0.4 is 15.5 Å². The monoisotopic (exact) mass is 474 g/mol. The van der Waals surface area contributed by atoms with Gasteiger partial charge in [-0.2, -0.15) is 5.10 Å². The minimum atomic E-state index is -0.368. The molecule has 8 nitrogen and oxygen atoms in total. The molecule has 0 saturated heterocycles. The second kappa shape index (κ2) is 9.11. The summed E-state index contributed by atoms with van der Waals surface area (Å²) < 4.78 is 12.2. The van der Waals surface area contributed by atoms with Crippen molar-refractivity contribution in [1.29, 1.82) is 0 Å². The minimum Gasteiger partial charge on any atom is -0.496 e. The number of amides is 2. The van der Waals surface area contributed by atoms with Crippen molar-refractivity contribution >= 4 is 44.2 Å². The molecule has 2 amide bonds. The fourth-order valence-electron chi connectivity index (χ4n) is 4.09. The van der Waals surface area contributed by atoms with E-state index in [-0.39, 0.29) is 17.6 Å². The number of carbonyl (C=O) groups excluding carboxylic acids is 2. The summed E-state index contributed by atoms with van der Waals surface area (Å²) in [5.41, 5.74) is 6.01. The first-order chi connectivity index (χ1) is 16.5. The molecule has 0 fully saturated rings. The Balaban J connectivity index is 1.38. The van der Waals surface area contributed by atoms with Crippen molar-refractivity contribution in [3.05, 3.63) is 76.7 Å². The molecule has 2 aromatic carbocycles. The van der Waals surface area contributed by atoms with E-state index in [4.69, 9.17) is 9.15 Å². The number of nitrogens with zero attached hydrogens (tertiary/aromatic N) is 2. The Hall–Kier alpha value is -3.98. The van der Waals surface area contributed by atoms with Gasteiger partial charge in [-0.1, -0.05) is 35.6 Å². The number of rotatable bonds is 5. The van der Waals surface area contributed by atoms with Gasteiger partial charge in [-0.3, -0.25) is 14.9 Å². The molecular formula is C25H22N4O4S. The number of aryl methyl sites for hydroxylation is 1. The van der Waals surface area contributed by atoms with Crippen LogP contribution >= 0.6 is 11.3 Å². The number of para-hydroxylation sites is 2. The molecule has 1 aliphatic rings. The van der Waals surface area contributed by atoms with Crippen LogP contribution in [-0.4, -0.2) is 29.6 Å². The van der Waals surface area contributed by atoms with Gasteiger partial charge < -0.3 is 9.15 Å². The summed E-state index contributed by atoms with van der Waals surface area (Å²) in [7, 11) is 1.52. The Morgan fingerprint density at radius 3 is 2.71 bits per heavy atom. The standard InChI is InChI=1S/C25H22N4O4S/c1-14-21-17(28-29-23(30)15-8-3-5-11-18(15)32-2)10-7-12-19(21)33-22(14)24(31)27-25-26-16-9-4-6-13-20(16)34-25/h3-6,8-9,11,13H,7,10,12H2,1-2H3,(H,29,30)(H,26,27,31)/b28-17+. The molecule has 0 unspecified atom stereocenters. The number of hydrazone groups is 1. The number of hydrogen-bond donors (Lipinski definition) is 2. The molecule has 0 radical (unpaired) electrons. The Kier molecular flexibility index (Phi) is 5.85. The summed E-state index contributed by atoms with van der Waals surface area (Å²) in [4.78, 5) is 30.1. The molecule has 0 spiro atoms. The third-order valence-corrected chi connectivity index (χ3v) is 6.64. The summed E-state index contributed by atoms with van der Waals surface area (Å²) in [5, 5.41) is 7.74. The number of benzene rings is 2. The highest BCUT2D eigenvalue weighted by Gasteiger charge is 2.28. The number of hydrogen-bond acceptors (Lipinski definition) is 7. The first kappa shape index (κ1) is 21.8. The van der Waals surface area contributed by atoms with Crippen LogP contribution in [-0.2, 0) is 6.42 Å². The Labute approximate surface area is 199 Å². The van der Waals surface area contributed by atoms with Crippen LogP contribution in [0, 0.1) is 6.92 Å². The SMILES string of the molecule is COc1ccccc1C(=O)N/N=C1\CCCc2oc(C(=O)Nc3nc4ccccc4s3)c(C)c21. The zero-order valence-electron chi connectivity index (χ0n) is 18.7. The average Bonchev–Trinajstić information content (AvgIpc) is 3.43. The van der Waals surface area contributed by atoms with Crippen molar-refractivity contribution in [2.24, 2.45) is 5.10 Å². The summed E-state index contributed by atoms with van der Waals surface area (Å²) in [5.74, 6) is 0.673. The van der Waals surface area contributed by atoms with E-state index in [1.807, 2.05) is 31.2 Å². The van der Waals surface area contributed by atoms with Gasteiger partial charge in [0, 0.05) is 17.5 Å². The molecule has 0 atom stereocenters. The molecule has 1 aliphatic carbocycles. The van der Waals surface area contributed by atoms with Gasteiger partial charge in [0.1, 0.15) is 11.5 Å². The number of furan rings is 1. The number of thiazole rings is 1. The number of methoxy groups -OCH3 is 1. The van der Waals surface area contributed by atoms with Gasteiger partial charge >= 0.3 is 0 Å². The minimum absolute atomic E-state index is 0.231. The molecule has 2 aromatic heterocycles. The van der Waals surface area contributed by atoms with Gasteiger partial charge in [0.15, 0.2) is 10.9 Å². The largest absolute Gasteiger partial charge is 0.496 e. The fraction of sp³-hybridized carbons (Fsp3) is 0.200. The molecule has 172 valence electrons. The van der Waals surface area contributed by atoms with Gasteiger partial charge in [-0.15, -0.1) is 0 Å². The first-order valence-corrected chi connectivity index (χ1v) is 11.7. The molecule has 0 bridgehead atoms. The molecular weight excluding hydrogens is 452 g/mol. The van der Waals surface area contributed by atoms with Crippen LogP contribution in [0.2, 0.25) is 0 Å². The van der Waals surface area contributed by atoms with Crippen LogP contribution in [0.15, 0.2) is 58.0 Å². The van der Waals surface area contributed by atoms with Crippen molar-refractivity contribution in [2.75, 3.05) is 12.4 Å². The summed E-state index contributed by atoms with van der Waals surface area (Å²) in [6, 6.07) is 14.7. The van der Waals surface area contributed by atoms with E-state index < -0.39 is 0 Å². The molecule has 2 heterocycles. The van der Waals surface area contributed by atoms with Crippen LogP contribution in [0.5, 0.6) is 5.75 Å². The maximum Gasteiger partial charge on any atom is 0.293 e. The maximum atomic E-state index is 13.0. The normalized spacial score (nSPS) is 14.1. The number of nitrogens with one attached hydrogen (secondary N) is 2. The summed E-state index contributed by atoms with van der Waals surface area (Å²) in [6.45, 7) is 1.83. The second-order valence-electron chi connectivity index (χ2n) is 7.85. The van der Waals surface area contributed by atoms with Crippen molar-refractivity contribution in [3.8, 4) is 5.75 Å². The zero-order valence-corrected chi connectivity index (χ0v) is 19.5. The highest BCUT2D eigenvalue weighted by molar-refractivity contribution is 7.22. The lowest BCUT2D eigenvalue weighted by molar-refractivity contribution is 0.0950. The van der Waals surface area contributed by atoms with E-state index in [0.717, 1.165) is 22.2 Å². The molecule has 4 aromatic rings.